The summed E-state index contributed by atoms with van der Waals surface area (Å²) in [6.45, 7) is 6.82. The van der Waals surface area contributed by atoms with E-state index in [2.05, 4.69) is 28.4 Å². The average molecular weight is 274 g/mol. The van der Waals surface area contributed by atoms with Crippen molar-refractivity contribution in [1.82, 2.24) is 10.2 Å². The molecule has 3 rings (SSSR count). The molecule has 1 aromatic carbocycles. The third-order valence-corrected chi connectivity index (χ3v) is 4.36. The second-order valence-electron chi connectivity index (χ2n) is 5.97. The van der Waals surface area contributed by atoms with E-state index in [1.54, 1.807) is 0 Å². The van der Waals surface area contributed by atoms with E-state index in [1.807, 2.05) is 0 Å². The van der Waals surface area contributed by atoms with Gasteiger partial charge in [-0.15, -0.1) is 0 Å². The van der Waals surface area contributed by atoms with Crippen LogP contribution in [0, 0.1) is 0 Å². The third kappa shape index (κ3) is 3.74. The quantitative estimate of drug-likeness (QED) is 0.807. The first-order valence-corrected chi connectivity index (χ1v) is 8.09. The Morgan fingerprint density at radius 3 is 2.95 bits per heavy atom. The van der Waals surface area contributed by atoms with E-state index in [0.29, 0.717) is 0 Å². The lowest BCUT2D eigenvalue weighted by molar-refractivity contribution is 0.225. The number of nitrogens with zero attached hydrogens (tertiary/aromatic N) is 1. The van der Waals surface area contributed by atoms with Crippen molar-refractivity contribution in [2.75, 3.05) is 32.8 Å². The maximum absolute atomic E-state index is 5.54. The number of piperidine rings is 1. The first kappa shape index (κ1) is 13.9. The Morgan fingerprint density at radius 1 is 1.15 bits per heavy atom. The molecule has 0 atom stereocenters. The maximum Gasteiger partial charge on any atom is 0.122 e. The first-order valence-electron chi connectivity index (χ1n) is 8.09. The molecule has 2 heterocycles. The molecule has 1 aromatic rings. The lowest BCUT2D eigenvalue weighted by Gasteiger charge is -2.26. The van der Waals surface area contributed by atoms with Gasteiger partial charge in [-0.25, -0.2) is 0 Å². The number of rotatable bonds is 6. The number of hydrogen-bond acceptors (Lipinski definition) is 3. The molecule has 3 nitrogen and oxygen atoms in total. The minimum Gasteiger partial charge on any atom is -0.493 e. The summed E-state index contributed by atoms with van der Waals surface area (Å²) < 4.78 is 5.54. The molecular weight excluding hydrogens is 248 g/mol. The largest absolute Gasteiger partial charge is 0.493 e. The molecule has 0 unspecified atom stereocenters. The van der Waals surface area contributed by atoms with Gasteiger partial charge in [0.05, 0.1) is 6.61 Å². The van der Waals surface area contributed by atoms with Crippen LogP contribution in [0.2, 0.25) is 0 Å². The Kier molecular flexibility index (Phi) is 4.93. The smallest absolute Gasteiger partial charge is 0.122 e. The van der Waals surface area contributed by atoms with Crippen LogP contribution >= 0.6 is 0 Å². The Morgan fingerprint density at radius 2 is 2.05 bits per heavy atom. The van der Waals surface area contributed by atoms with Crippen molar-refractivity contribution in [3.05, 3.63) is 29.3 Å². The number of hydrogen-bond donors (Lipinski definition) is 1. The Bertz CT molecular complexity index is 427. The minimum absolute atomic E-state index is 0.849. The SMILES string of the molecule is c1cc2c(cc1CNCCCN1CCCCC1)CCO2. The van der Waals surface area contributed by atoms with Crippen molar-refractivity contribution in [3.8, 4) is 5.75 Å². The summed E-state index contributed by atoms with van der Waals surface area (Å²) in [7, 11) is 0. The van der Waals surface area contributed by atoms with Gasteiger partial charge in [0, 0.05) is 13.0 Å². The predicted octanol–water partition coefficient (Wildman–Crippen LogP) is 2.59. The molecule has 20 heavy (non-hydrogen) atoms. The van der Waals surface area contributed by atoms with Gasteiger partial charge in [0.15, 0.2) is 0 Å². The molecule has 0 amide bonds. The molecular formula is C17H26N2O. The van der Waals surface area contributed by atoms with Crippen molar-refractivity contribution in [1.29, 1.82) is 0 Å². The molecule has 2 aliphatic heterocycles. The van der Waals surface area contributed by atoms with Crippen molar-refractivity contribution in [2.45, 2.75) is 38.6 Å². The van der Waals surface area contributed by atoms with E-state index in [0.717, 1.165) is 31.9 Å². The summed E-state index contributed by atoms with van der Waals surface area (Å²) >= 11 is 0. The van der Waals surface area contributed by atoms with E-state index in [-0.39, 0.29) is 0 Å². The molecule has 1 fully saturated rings. The van der Waals surface area contributed by atoms with Crippen molar-refractivity contribution in [3.63, 3.8) is 0 Å². The van der Waals surface area contributed by atoms with Gasteiger partial charge in [0.1, 0.15) is 5.75 Å². The highest BCUT2D eigenvalue weighted by molar-refractivity contribution is 5.39. The third-order valence-electron chi connectivity index (χ3n) is 4.36. The second kappa shape index (κ2) is 7.09. The van der Waals surface area contributed by atoms with E-state index in [9.17, 15) is 0 Å². The van der Waals surface area contributed by atoms with Gasteiger partial charge in [0.25, 0.3) is 0 Å². The van der Waals surface area contributed by atoms with Crippen molar-refractivity contribution in [2.24, 2.45) is 0 Å². The van der Waals surface area contributed by atoms with Crippen LogP contribution in [0.5, 0.6) is 5.75 Å². The van der Waals surface area contributed by atoms with Crippen LogP contribution in [0.1, 0.15) is 36.8 Å². The highest BCUT2D eigenvalue weighted by atomic mass is 16.5. The highest BCUT2D eigenvalue weighted by Crippen LogP contribution is 2.25. The summed E-state index contributed by atoms with van der Waals surface area (Å²) in [4.78, 5) is 2.61. The molecule has 0 aliphatic carbocycles. The normalized spacial score (nSPS) is 18.8. The molecule has 2 aliphatic rings. The zero-order valence-corrected chi connectivity index (χ0v) is 12.4. The van der Waals surface area contributed by atoms with Gasteiger partial charge in [0.2, 0.25) is 0 Å². The van der Waals surface area contributed by atoms with Gasteiger partial charge in [-0.2, -0.15) is 0 Å². The number of fused-ring (bicyclic) bond motifs is 1. The molecule has 1 N–H and O–H groups in total. The summed E-state index contributed by atoms with van der Waals surface area (Å²) in [6, 6.07) is 6.59. The van der Waals surface area contributed by atoms with Gasteiger partial charge >= 0.3 is 0 Å². The number of ether oxygens (including phenoxy) is 1. The molecule has 0 saturated carbocycles. The zero-order chi connectivity index (χ0) is 13.6. The van der Waals surface area contributed by atoms with Crippen LogP contribution in [-0.2, 0) is 13.0 Å². The average Bonchev–Trinajstić information content (AvgIpc) is 2.95. The van der Waals surface area contributed by atoms with Crippen LogP contribution in [-0.4, -0.2) is 37.7 Å². The van der Waals surface area contributed by atoms with E-state index in [1.165, 1.54) is 56.4 Å². The summed E-state index contributed by atoms with van der Waals surface area (Å²) in [5, 5.41) is 3.56. The Labute approximate surface area is 122 Å². The van der Waals surface area contributed by atoms with Gasteiger partial charge < -0.3 is 15.0 Å². The zero-order valence-electron chi connectivity index (χ0n) is 12.4. The summed E-state index contributed by atoms with van der Waals surface area (Å²) in [5.74, 6) is 1.08. The van der Waals surface area contributed by atoms with E-state index < -0.39 is 0 Å². The molecule has 0 radical (unpaired) electrons. The Hall–Kier alpha value is -1.06. The topological polar surface area (TPSA) is 24.5 Å². The monoisotopic (exact) mass is 274 g/mol. The lowest BCUT2D eigenvalue weighted by atomic mass is 10.1. The standard InChI is InChI=1S/C17H26N2O/c1-2-9-19(10-3-1)11-4-8-18-14-15-5-6-17-16(13-15)7-12-20-17/h5-6,13,18H,1-4,7-12,14H2. The fraction of sp³-hybridized carbons (Fsp3) is 0.647. The lowest BCUT2D eigenvalue weighted by Crippen LogP contribution is -2.32. The minimum atomic E-state index is 0.849. The van der Waals surface area contributed by atoms with Crippen LogP contribution in [0.4, 0.5) is 0 Å². The van der Waals surface area contributed by atoms with Crippen molar-refractivity contribution >= 4 is 0 Å². The van der Waals surface area contributed by atoms with Crippen LogP contribution in [0.25, 0.3) is 0 Å². The fourth-order valence-corrected chi connectivity index (χ4v) is 3.19. The molecule has 0 aromatic heterocycles. The maximum atomic E-state index is 5.54. The van der Waals surface area contributed by atoms with Crippen LogP contribution in [0.15, 0.2) is 18.2 Å². The molecule has 1 saturated heterocycles. The number of benzene rings is 1. The number of nitrogens with one attached hydrogen (secondary N) is 1. The van der Waals surface area contributed by atoms with Gasteiger partial charge in [-0.3, -0.25) is 0 Å². The Balaban J connectivity index is 1.33. The summed E-state index contributed by atoms with van der Waals surface area (Å²) in [5.41, 5.74) is 2.75. The molecule has 110 valence electrons. The van der Waals surface area contributed by atoms with Crippen LogP contribution < -0.4 is 10.1 Å². The fourth-order valence-electron chi connectivity index (χ4n) is 3.19. The van der Waals surface area contributed by atoms with Crippen molar-refractivity contribution < 1.29 is 4.74 Å². The highest BCUT2D eigenvalue weighted by Gasteiger charge is 2.12. The second-order valence-corrected chi connectivity index (χ2v) is 5.97. The first-order chi connectivity index (χ1) is 9.92. The summed E-state index contributed by atoms with van der Waals surface area (Å²) in [6.07, 6.45) is 6.54. The van der Waals surface area contributed by atoms with E-state index in [4.69, 9.17) is 4.74 Å². The van der Waals surface area contributed by atoms with Gasteiger partial charge in [-0.05, 0) is 62.6 Å². The number of likely N-dealkylation sites (tertiary alicyclic amines) is 1. The van der Waals surface area contributed by atoms with Crippen LogP contribution in [0.3, 0.4) is 0 Å². The van der Waals surface area contributed by atoms with E-state index >= 15 is 0 Å². The predicted molar refractivity (Wildman–Crippen MR) is 82.3 cm³/mol. The molecule has 3 heteroatoms. The molecule has 0 bridgehead atoms. The molecule has 0 spiro atoms. The van der Waals surface area contributed by atoms with Gasteiger partial charge in [-0.1, -0.05) is 18.6 Å².